The zero-order valence-corrected chi connectivity index (χ0v) is 22.3. The molecule has 38 heavy (non-hydrogen) atoms. The lowest BCUT2D eigenvalue weighted by Gasteiger charge is -2.36. The van der Waals surface area contributed by atoms with Gasteiger partial charge in [-0.25, -0.2) is 4.98 Å². The van der Waals surface area contributed by atoms with Gasteiger partial charge < -0.3 is 19.1 Å². The minimum Gasteiger partial charge on any atom is -0.476 e. The van der Waals surface area contributed by atoms with E-state index in [1.165, 1.54) is 17.7 Å². The van der Waals surface area contributed by atoms with E-state index in [9.17, 15) is 4.79 Å². The first-order valence-electron chi connectivity index (χ1n) is 14.0. The standard InChI is InChI=1S/C28H35N7O3/c1-33-12-6-7-19(33)17-37-24-13-23(35-15-18-14-29-34(2)21(18)16-35)30-27(31-24)25-20-8-5-11-28(26(20)38-32-25)10-4-3-9-22(28)36/h13-14,19H,3-12,15-17H2,1-2H3/t19-,28+/m0/s1. The van der Waals surface area contributed by atoms with Crippen LogP contribution in [0.5, 0.6) is 5.88 Å². The third-order valence-corrected chi connectivity index (χ3v) is 9.21. The Balaban J connectivity index is 1.25. The topological polar surface area (TPSA) is 102 Å². The SMILES string of the molecule is CN1CCC[C@H]1COc1cc(N2Cc3cnn(C)c3C2)nc(-c2noc3c2CCC[C@@]32CCCCC2=O)n1. The van der Waals surface area contributed by atoms with E-state index in [4.69, 9.17) is 19.2 Å². The van der Waals surface area contributed by atoms with Crippen LogP contribution >= 0.6 is 0 Å². The molecule has 1 saturated carbocycles. The third-order valence-electron chi connectivity index (χ3n) is 9.21. The van der Waals surface area contributed by atoms with Gasteiger partial charge in [0, 0.05) is 43.2 Å². The van der Waals surface area contributed by atoms with E-state index < -0.39 is 5.41 Å². The number of ketones is 1. The maximum Gasteiger partial charge on any atom is 0.219 e. The summed E-state index contributed by atoms with van der Waals surface area (Å²) in [6.45, 7) is 3.14. The lowest BCUT2D eigenvalue weighted by atomic mass is 9.64. The molecular weight excluding hydrogens is 482 g/mol. The molecule has 2 fully saturated rings. The summed E-state index contributed by atoms with van der Waals surface area (Å²) in [7, 11) is 4.13. The molecule has 0 N–H and O–H groups in total. The number of Topliss-reactive ketones (excluding diaryl/α,β-unsaturated/α-hetero) is 1. The highest BCUT2D eigenvalue weighted by molar-refractivity contribution is 5.91. The highest BCUT2D eigenvalue weighted by Crippen LogP contribution is 2.47. The maximum absolute atomic E-state index is 13.2. The number of anilines is 1. The molecule has 1 spiro atoms. The monoisotopic (exact) mass is 517 g/mol. The Morgan fingerprint density at radius 1 is 1.11 bits per heavy atom. The number of carbonyl (C=O) groups is 1. The first-order valence-corrected chi connectivity index (χ1v) is 14.0. The van der Waals surface area contributed by atoms with Crippen LogP contribution in [-0.2, 0) is 36.8 Å². The van der Waals surface area contributed by atoms with Gasteiger partial charge in [-0.1, -0.05) is 11.6 Å². The van der Waals surface area contributed by atoms with E-state index in [0.717, 1.165) is 81.7 Å². The van der Waals surface area contributed by atoms with Gasteiger partial charge in [0.25, 0.3) is 0 Å². The summed E-state index contributed by atoms with van der Waals surface area (Å²) in [5.74, 6) is 2.92. The molecule has 10 heteroatoms. The molecule has 10 nitrogen and oxygen atoms in total. The molecule has 0 radical (unpaired) electrons. The number of aromatic nitrogens is 5. The normalized spacial score (nSPS) is 25.3. The molecule has 2 atom stereocenters. The van der Waals surface area contributed by atoms with Gasteiger partial charge in [-0.05, 0) is 58.5 Å². The van der Waals surface area contributed by atoms with Gasteiger partial charge in [0.1, 0.15) is 18.2 Å². The van der Waals surface area contributed by atoms with Crippen molar-refractivity contribution in [1.82, 2.24) is 29.8 Å². The second kappa shape index (κ2) is 9.18. The number of rotatable bonds is 5. The van der Waals surface area contributed by atoms with Crippen molar-refractivity contribution in [2.45, 2.75) is 82.3 Å². The minimum absolute atomic E-state index is 0.301. The molecule has 0 amide bonds. The predicted octanol–water partition coefficient (Wildman–Crippen LogP) is 3.58. The number of likely N-dealkylation sites (N-methyl/N-ethyl adjacent to an activating group) is 1. The Morgan fingerprint density at radius 2 is 2.00 bits per heavy atom. The van der Waals surface area contributed by atoms with Crippen molar-refractivity contribution < 1.29 is 14.1 Å². The quantitative estimate of drug-likeness (QED) is 0.502. The van der Waals surface area contributed by atoms with E-state index in [0.29, 0.717) is 42.3 Å². The van der Waals surface area contributed by atoms with Crippen LogP contribution in [0, 0.1) is 0 Å². The van der Waals surface area contributed by atoms with Crippen molar-refractivity contribution in [3.05, 3.63) is 34.8 Å². The van der Waals surface area contributed by atoms with Crippen LogP contribution in [0.25, 0.3) is 11.5 Å². The highest BCUT2D eigenvalue weighted by Gasteiger charge is 2.48. The molecule has 3 aromatic rings. The maximum atomic E-state index is 13.2. The number of fused-ring (bicyclic) bond motifs is 3. The minimum atomic E-state index is -0.523. The van der Waals surface area contributed by atoms with E-state index in [1.807, 2.05) is 24.0 Å². The number of carbonyl (C=O) groups excluding carboxylic acids is 1. The molecule has 3 aromatic heterocycles. The van der Waals surface area contributed by atoms with Crippen molar-refractivity contribution in [2.24, 2.45) is 7.05 Å². The van der Waals surface area contributed by atoms with Crippen molar-refractivity contribution in [1.29, 1.82) is 0 Å². The Morgan fingerprint density at radius 3 is 2.82 bits per heavy atom. The van der Waals surface area contributed by atoms with Crippen molar-refractivity contribution in [3.8, 4) is 17.4 Å². The second-order valence-electron chi connectivity index (χ2n) is 11.5. The molecule has 2 aliphatic heterocycles. The van der Waals surface area contributed by atoms with E-state index >= 15 is 0 Å². The fourth-order valence-corrected chi connectivity index (χ4v) is 6.94. The number of nitrogens with zero attached hydrogens (tertiary/aromatic N) is 7. The lowest BCUT2D eigenvalue weighted by molar-refractivity contribution is -0.128. The van der Waals surface area contributed by atoms with Crippen LogP contribution in [-0.4, -0.2) is 61.8 Å². The van der Waals surface area contributed by atoms with E-state index in [-0.39, 0.29) is 0 Å². The first-order chi connectivity index (χ1) is 18.5. The summed E-state index contributed by atoms with van der Waals surface area (Å²) in [4.78, 5) is 27.6. The third kappa shape index (κ3) is 3.83. The molecule has 2 aliphatic carbocycles. The molecule has 0 unspecified atom stereocenters. The van der Waals surface area contributed by atoms with Crippen LogP contribution in [0.3, 0.4) is 0 Å². The summed E-state index contributed by atoms with van der Waals surface area (Å²) >= 11 is 0. The van der Waals surface area contributed by atoms with Crippen LogP contribution in [0.4, 0.5) is 5.82 Å². The molecule has 4 aliphatic rings. The predicted molar refractivity (Wildman–Crippen MR) is 140 cm³/mol. The number of aryl methyl sites for hydroxylation is 1. The Hall–Kier alpha value is -3.27. The molecule has 0 aromatic carbocycles. The summed E-state index contributed by atoms with van der Waals surface area (Å²) in [6.07, 6.45) is 10.3. The van der Waals surface area contributed by atoms with Gasteiger partial charge in [0.05, 0.1) is 23.9 Å². The molecular formula is C28H35N7O3. The lowest BCUT2D eigenvalue weighted by Crippen LogP contribution is -2.41. The Labute approximate surface area is 222 Å². The highest BCUT2D eigenvalue weighted by atomic mass is 16.5. The number of likely N-dealkylation sites (tertiary alicyclic amines) is 1. The van der Waals surface area contributed by atoms with E-state index in [2.05, 4.69) is 27.1 Å². The smallest absolute Gasteiger partial charge is 0.219 e. The van der Waals surface area contributed by atoms with Crippen molar-refractivity contribution >= 4 is 11.6 Å². The average molecular weight is 518 g/mol. The van der Waals surface area contributed by atoms with E-state index in [1.54, 1.807) is 0 Å². The molecule has 0 bridgehead atoms. The largest absolute Gasteiger partial charge is 0.476 e. The number of hydrogen-bond acceptors (Lipinski definition) is 9. The summed E-state index contributed by atoms with van der Waals surface area (Å²) in [5.41, 5.74) is 3.53. The molecule has 200 valence electrons. The van der Waals surface area contributed by atoms with Crippen LogP contribution in [0.15, 0.2) is 16.8 Å². The van der Waals surface area contributed by atoms with Gasteiger partial charge in [-0.15, -0.1) is 0 Å². The van der Waals surface area contributed by atoms with Gasteiger partial charge in [0.15, 0.2) is 17.3 Å². The van der Waals surface area contributed by atoms with Gasteiger partial charge >= 0.3 is 0 Å². The molecule has 1 saturated heterocycles. The molecule has 5 heterocycles. The summed E-state index contributed by atoms with van der Waals surface area (Å²) < 4.78 is 14.2. The number of hydrogen-bond donors (Lipinski definition) is 0. The zero-order valence-electron chi connectivity index (χ0n) is 22.3. The van der Waals surface area contributed by atoms with Crippen LogP contribution < -0.4 is 9.64 Å². The van der Waals surface area contributed by atoms with Gasteiger partial charge in [0.2, 0.25) is 5.88 Å². The van der Waals surface area contributed by atoms with Crippen molar-refractivity contribution in [2.75, 3.05) is 25.1 Å². The van der Waals surface area contributed by atoms with Crippen LogP contribution in [0.2, 0.25) is 0 Å². The van der Waals surface area contributed by atoms with Gasteiger partial charge in [-0.3, -0.25) is 9.48 Å². The summed E-state index contributed by atoms with van der Waals surface area (Å²) in [6, 6.07) is 2.33. The number of ether oxygens (including phenoxy) is 1. The average Bonchev–Trinajstić information content (AvgIpc) is 3.71. The molecule has 7 rings (SSSR count). The Kier molecular flexibility index (Phi) is 5.76. The van der Waals surface area contributed by atoms with Gasteiger partial charge in [-0.2, -0.15) is 10.1 Å². The zero-order chi connectivity index (χ0) is 25.9. The van der Waals surface area contributed by atoms with Crippen LogP contribution in [0.1, 0.15) is 73.9 Å². The fraction of sp³-hybridized carbons (Fsp3) is 0.607. The second-order valence-corrected chi connectivity index (χ2v) is 11.5. The fourth-order valence-electron chi connectivity index (χ4n) is 6.94. The van der Waals surface area contributed by atoms with Crippen molar-refractivity contribution in [3.63, 3.8) is 0 Å². The summed E-state index contributed by atoms with van der Waals surface area (Å²) in [5, 5.41) is 8.90. The Bertz CT molecular complexity index is 1380. The first kappa shape index (κ1) is 23.8.